The van der Waals surface area contributed by atoms with Gasteiger partial charge in [-0.3, -0.25) is 4.79 Å². The number of hydrogen-bond acceptors (Lipinski definition) is 4. The molecule has 0 spiro atoms. The van der Waals surface area contributed by atoms with Crippen molar-refractivity contribution in [3.8, 4) is 0 Å². The van der Waals surface area contributed by atoms with Gasteiger partial charge in [-0.05, 0) is 29.8 Å². The summed E-state index contributed by atoms with van der Waals surface area (Å²) in [6.07, 6.45) is 2.82. The van der Waals surface area contributed by atoms with Gasteiger partial charge in [-0.15, -0.1) is 0 Å². The minimum atomic E-state index is -0.113. The predicted molar refractivity (Wildman–Crippen MR) is 98.9 cm³/mol. The molecule has 0 unspecified atom stereocenters. The van der Waals surface area contributed by atoms with E-state index < -0.39 is 0 Å². The van der Waals surface area contributed by atoms with E-state index >= 15 is 0 Å². The Morgan fingerprint density at radius 3 is 2.62 bits per heavy atom. The molecular formula is C18H17ClN4O. The van der Waals surface area contributed by atoms with Gasteiger partial charge in [0.15, 0.2) is 5.43 Å². The standard InChI is InChI=1S/C18H17ClN4O/c19-13-3-1-11(2-4-13)8-22-9-12-10-23-16-6-5-15(21)14(7-20)17(16)18(12)24/h1-7,10,20,22H,8-9,21H2,(H,23,24). The van der Waals surface area contributed by atoms with Gasteiger partial charge in [0.2, 0.25) is 0 Å². The van der Waals surface area contributed by atoms with E-state index in [2.05, 4.69) is 10.3 Å². The molecule has 0 atom stereocenters. The molecule has 24 heavy (non-hydrogen) atoms. The predicted octanol–water partition coefficient (Wildman–Crippen LogP) is 3.05. The van der Waals surface area contributed by atoms with Crippen molar-refractivity contribution in [1.82, 2.24) is 10.3 Å². The van der Waals surface area contributed by atoms with Crippen molar-refractivity contribution in [2.24, 2.45) is 0 Å². The lowest BCUT2D eigenvalue weighted by molar-refractivity contribution is 0.689. The zero-order chi connectivity index (χ0) is 17.1. The fourth-order valence-corrected chi connectivity index (χ4v) is 2.75. The van der Waals surface area contributed by atoms with E-state index in [9.17, 15) is 4.79 Å². The summed E-state index contributed by atoms with van der Waals surface area (Å²) in [5.74, 6) is 0. The molecule has 2 aromatic carbocycles. The van der Waals surface area contributed by atoms with Gasteiger partial charge >= 0.3 is 0 Å². The van der Waals surface area contributed by atoms with Crippen LogP contribution in [-0.2, 0) is 13.1 Å². The summed E-state index contributed by atoms with van der Waals surface area (Å²) in [6, 6.07) is 11.0. The number of pyridine rings is 1. The van der Waals surface area contributed by atoms with Crippen LogP contribution < -0.4 is 16.5 Å². The molecule has 0 aliphatic rings. The fourth-order valence-electron chi connectivity index (χ4n) is 2.62. The summed E-state index contributed by atoms with van der Waals surface area (Å²) in [4.78, 5) is 15.8. The van der Waals surface area contributed by atoms with Crippen molar-refractivity contribution >= 4 is 34.4 Å². The Kier molecular flexibility index (Phi) is 4.64. The second kappa shape index (κ2) is 6.86. The molecule has 6 heteroatoms. The van der Waals surface area contributed by atoms with Crippen molar-refractivity contribution in [3.05, 3.63) is 74.5 Å². The number of halogens is 1. The molecule has 0 saturated heterocycles. The van der Waals surface area contributed by atoms with Crippen LogP contribution in [0.4, 0.5) is 5.69 Å². The smallest absolute Gasteiger partial charge is 0.194 e. The van der Waals surface area contributed by atoms with E-state index in [1.807, 2.05) is 24.3 Å². The largest absolute Gasteiger partial charge is 0.398 e. The van der Waals surface area contributed by atoms with E-state index in [-0.39, 0.29) is 5.43 Å². The summed E-state index contributed by atoms with van der Waals surface area (Å²) < 4.78 is 0. The monoisotopic (exact) mass is 340 g/mol. The first-order chi connectivity index (χ1) is 11.6. The van der Waals surface area contributed by atoms with Gasteiger partial charge in [-0.2, -0.15) is 0 Å². The highest BCUT2D eigenvalue weighted by atomic mass is 35.5. The van der Waals surface area contributed by atoms with Crippen LogP contribution >= 0.6 is 11.6 Å². The molecule has 0 amide bonds. The van der Waals surface area contributed by atoms with Crippen LogP contribution in [0.5, 0.6) is 0 Å². The topological polar surface area (TPSA) is 94.8 Å². The maximum atomic E-state index is 12.7. The van der Waals surface area contributed by atoms with Crippen molar-refractivity contribution in [2.45, 2.75) is 13.1 Å². The molecule has 0 aliphatic carbocycles. The Morgan fingerprint density at radius 2 is 1.92 bits per heavy atom. The third-order valence-electron chi connectivity index (χ3n) is 3.90. The fraction of sp³-hybridized carbons (Fsp3) is 0.111. The van der Waals surface area contributed by atoms with Crippen molar-refractivity contribution in [2.75, 3.05) is 5.73 Å². The number of fused-ring (bicyclic) bond motifs is 1. The maximum Gasteiger partial charge on any atom is 0.194 e. The highest BCUT2D eigenvalue weighted by Gasteiger charge is 2.10. The highest BCUT2D eigenvalue weighted by Crippen LogP contribution is 2.18. The summed E-state index contributed by atoms with van der Waals surface area (Å²) in [6.45, 7) is 1.04. The van der Waals surface area contributed by atoms with Crippen LogP contribution in [0.3, 0.4) is 0 Å². The molecule has 3 aromatic rings. The van der Waals surface area contributed by atoms with E-state index in [0.29, 0.717) is 45.8 Å². The molecule has 0 radical (unpaired) electrons. The van der Waals surface area contributed by atoms with Gasteiger partial charge in [-0.25, -0.2) is 0 Å². The molecule has 0 saturated carbocycles. The zero-order valence-electron chi connectivity index (χ0n) is 12.9. The number of rotatable bonds is 5. The normalized spacial score (nSPS) is 10.9. The minimum absolute atomic E-state index is 0.113. The van der Waals surface area contributed by atoms with E-state index in [1.165, 1.54) is 0 Å². The zero-order valence-corrected chi connectivity index (χ0v) is 13.7. The lowest BCUT2D eigenvalue weighted by Crippen LogP contribution is -2.20. The van der Waals surface area contributed by atoms with Gasteiger partial charge in [0.1, 0.15) is 0 Å². The average molecular weight is 341 g/mol. The average Bonchev–Trinajstić information content (AvgIpc) is 2.59. The Balaban J connectivity index is 1.85. The molecule has 0 bridgehead atoms. The van der Waals surface area contributed by atoms with Gasteiger partial charge in [0, 0.05) is 47.3 Å². The first-order valence-corrected chi connectivity index (χ1v) is 7.86. The molecule has 1 heterocycles. The Labute approximate surface area is 144 Å². The van der Waals surface area contributed by atoms with Crippen LogP contribution in [0.25, 0.3) is 10.9 Å². The molecule has 3 rings (SSSR count). The number of aromatic nitrogens is 1. The highest BCUT2D eigenvalue weighted by molar-refractivity contribution is 6.30. The first kappa shape index (κ1) is 16.2. The number of hydrogen-bond donors (Lipinski definition) is 4. The summed E-state index contributed by atoms with van der Waals surface area (Å²) in [5, 5.41) is 11.9. The molecular weight excluding hydrogens is 324 g/mol. The molecule has 0 aliphatic heterocycles. The second-order valence-corrected chi connectivity index (χ2v) is 5.94. The Hall–Kier alpha value is -2.63. The van der Waals surface area contributed by atoms with Gasteiger partial charge in [-0.1, -0.05) is 23.7 Å². The number of benzene rings is 2. The molecule has 5 nitrogen and oxygen atoms in total. The second-order valence-electron chi connectivity index (χ2n) is 5.51. The quantitative estimate of drug-likeness (QED) is 0.424. The van der Waals surface area contributed by atoms with Gasteiger partial charge in [0.05, 0.1) is 10.9 Å². The maximum absolute atomic E-state index is 12.7. The van der Waals surface area contributed by atoms with Gasteiger partial charge in [0.25, 0.3) is 0 Å². The summed E-state index contributed by atoms with van der Waals surface area (Å²) in [5.41, 5.74) is 9.00. The number of nitrogens with one attached hydrogen (secondary N) is 3. The number of anilines is 1. The number of nitrogens with two attached hydrogens (primary N) is 1. The SMILES string of the molecule is N=Cc1c(N)ccc2[nH]cc(CNCc3ccc(Cl)cc3)c(=O)c12. The van der Waals surface area contributed by atoms with Crippen LogP contribution in [0.1, 0.15) is 16.7 Å². The Bertz CT molecular complexity index is 948. The van der Waals surface area contributed by atoms with Crippen LogP contribution in [-0.4, -0.2) is 11.2 Å². The van der Waals surface area contributed by atoms with E-state index in [4.69, 9.17) is 22.7 Å². The molecule has 0 fully saturated rings. The van der Waals surface area contributed by atoms with Crippen molar-refractivity contribution < 1.29 is 0 Å². The van der Waals surface area contributed by atoms with E-state index in [1.54, 1.807) is 18.3 Å². The first-order valence-electron chi connectivity index (χ1n) is 7.48. The number of aromatic amines is 1. The molecule has 122 valence electrons. The third kappa shape index (κ3) is 3.18. The van der Waals surface area contributed by atoms with Crippen molar-refractivity contribution in [1.29, 1.82) is 5.41 Å². The van der Waals surface area contributed by atoms with Crippen LogP contribution in [0, 0.1) is 5.41 Å². The number of H-pyrrole nitrogens is 1. The summed E-state index contributed by atoms with van der Waals surface area (Å²) in [7, 11) is 0. The summed E-state index contributed by atoms with van der Waals surface area (Å²) >= 11 is 5.86. The lowest BCUT2D eigenvalue weighted by Gasteiger charge is -2.09. The van der Waals surface area contributed by atoms with E-state index in [0.717, 1.165) is 11.8 Å². The van der Waals surface area contributed by atoms with Crippen LogP contribution in [0.2, 0.25) is 5.02 Å². The molecule has 5 N–H and O–H groups in total. The van der Waals surface area contributed by atoms with Gasteiger partial charge < -0.3 is 21.4 Å². The van der Waals surface area contributed by atoms with Crippen LogP contribution in [0.15, 0.2) is 47.4 Å². The minimum Gasteiger partial charge on any atom is -0.398 e. The third-order valence-corrected chi connectivity index (χ3v) is 4.15. The Morgan fingerprint density at radius 1 is 1.17 bits per heavy atom. The lowest BCUT2D eigenvalue weighted by atomic mass is 10.0. The number of nitrogen functional groups attached to an aromatic ring is 1. The molecule has 1 aromatic heterocycles. The van der Waals surface area contributed by atoms with Crippen molar-refractivity contribution in [3.63, 3.8) is 0 Å².